The van der Waals surface area contributed by atoms with Crippen molar-refractivity contribution >= 4 is 5.69 Å². The number of hydrogen-bond acceptors (Lipinski definition) is 3. The molecule has 2 rings (SSSR count). The number of aryl methyl sites for hydroxylation is 1. The van der Waals surface area contributed by atoms with Crippen LogP contribution in [-0.4, -0.2) is 20.2 Å². The molecule has 0 amide bonds. The maximum absolute atomic E-state index is 5.14. The van der Waals surface area contributed by atoms with Gasteiger partial charge in [0, 0.05) is 25.3 Å². The molecule has 2 aromatic carbocycles. The standard InChI is InChI=1S/C17H22N2O/c1-14-4-3-5-16(12-14)19-11-10-18-13-15-6-8-17(20-2)9-7-15/h3-9,12,18-19H,10-11,13H2,1-2H3. The molecule has 3 nitrogen and oxygen atoms in total. The molecule has 0 radical (unpaired) electrons. The molecule has 0 heterocycles. The molecule has 0 aromatic heterocycles. The van der Waals surface area contributed by atoms with Crippen LogP contribution in [0.15, 0.2) is 48.5 Å². The molecule has 0 aliphatic carbocycles. The minimum atomic E-state index is 0.874. The maximum Gasteiger partial charge on any atom is 0.118 e. The van der Waals surface area contributed by atoms with Crippen LogP contribution in [0.1, 0.15) is 11.1 Å². The van der Waals surface area contributed by atoms with Gasteiger partial charge < -0.3 is 15.4 Å². The van der Waals surface area contributed by atoms with E-state index >= 15 is 0 Å². The van der Waals surface area contributed by atoms with Gasteiger partial charge in [-0.1, -0.05) is 24.3 Å². The third kappa shape index (κ3) is 4.59. The summed E-state index contributed by atoms with van der Waals surface area (Å²) in [5.41, 5.74) is 3.72. The second kappa shape index (κ2) is 7.56. The number of ether oxygens (including phenoxy) is 1. The van der Waals surface area contributed by atoms with E-state index in [0.717, 1.165) is 25.4 Å². The van der Waals surface area contributed by atoms with Crippen molar-refractivity contribution in [3.05, 3.63) is 59.7 Å². The molecule has 0 saturated heterocycles. The van der Waals surface area contributed by atoms with Crippen LogP contribution in [-0.2, 0) is 6.54 Å². The average Bonchev–Trinajstić information content (AvgIpc) is 2.48. The quantitative estimate of drug-likeness (QED) is 0.758. The van der Waals surface area contributed by atoms with Gasteiger partial charge in [0.05, 0.1) is 7.11 Å². The summed E-state index contributed by atoms with van der Waals surface area (Å²) in [6.45, 7) is 4.83. The smallest absolute Gasteiger partial charge is 0.118 e. The van der Waals surface area contributed by atoms with E-state index < -0.39 is 0 Å². The molecular formula is C17H22N2O. The topological polar surface area (TPSA) is 33.3 Å². The Kier molecular flexibility index (Phi) is 5.44. The second-order valence-electron chi connectivity index (χ2n) is 4.82. The normalized spacial score (nSPS) is 10.3. The molecule has 0 aliphatic heterocycles. The molecule has 0 unspecified atom stereocenters. The minimum absolute atomic E-state index is 0.874. The largest absolute Gasteiger partial charge is 0.497 e. The highest BCUT2D eigenvalue weighted by molar-refractivity contribution is 5.45. The lowest BCUT2D eigenvalue weighted by atomic mass is 10.2. The molecule has 2 N–H and O–H groups in total. The summed E-state index contributed by atoms with van der Waals surface area (Å²) in [6, 6.07) is 16.6. The van der Waals surface area contributed by atoms with Crippen molar-refractivity contribution in [1.82, 2.24) is 5.32 Å². The fraction of sp³-hybridized carbons (Fsp3) is 0.294. The van der Waals surface area contributed by atoms with Crippen LogP contribution in [0.5, 0.6) is 5.75 Å². The first kappa shape index (κ1) is 14.4. The summed E-state index contributed by atoms with van der Waals surface area (Å²) < 4.78 is 5.14. The van der Waals surface area contributed by atoms with Gasteiger partial charge in [0.2, 0.25) is 0 Å². The highest BCUT2D eigenvalue weighted by atomic mass is 16.5. The van der Waals surface area contributed by atoms with Crippen LogP contribution < -0.4 is 15.4 Å². The lowest BCUT2D eigenvalue weighted by Gasteiger charge is -2.09. The number of nitrogens with one attached hydrogen (secondary N) is 2. The minimum Gasteiger partial charge on any atom is -0.497 e. The average molecular weight is 270 g/mol. The number of hydrogen-bond donors (Lipinski definition) is 2. The summed E-state index contributed by atoms with van der Waals surface area (Å²) >= 11 is 0. The summed E-state index contributed by atoms with van der Waals surface area (Å²) in [5.74, 6) is 0.898. The number of rotatable bonds is 7. The number of anilines is 1. The third-order valence-corrected chi connectivity index (χ3v) is 3.14. The van der Waals surface area contributed by atoms with Crippen LogP contribution >= 0.6 is 0 Å². The van der Waals surface area contributed by atoms with Crippen LogP contribution in [0.4, 0.5) is 5.69 Å². The van der Waals surface area contributed by atoms with Gasteiger partial charge in [-0.25, -0.2) is 0 Å². The molecule has 0 atom stereocenters. The lowest BCUT2D eigenvalue weighted by Crippen LogP contribution is -2.21. The van der Waals surface area contributed by atoms with Gasteiger partial charge in [0.25, 0.3) is 0 Å². The van der Waals surface area contributed by atoms with Crippen molar-refractivity contribution in [2.75, 3.05) is 25.5 Å². The Labute approximate surface area is 121 Å². The summed E-state index contributed by atoms with van der Waals surface area (Å²) in [4.78, 5) is 0. The highest BCUT2D eigenvalue weighted by Gasteiger charge is 1.95. The third-order valence-electron chi connectivity index (χ3n) is 3.14. The van der Waals surface area contributed by atoms with Gasteiger partial charge in [-0.05, 0) is 42.3 Å². The van der Waals surface area contributed by atoms with Crippen molar-refractivity contribution < 1.29 is 4.74 Å². The summed E-state index contributed by atoms with van der Waals surface area (Å²) in [7, 11) is 1.68. The van der Waals surface area contributed by atoms with E-state index in [1.165, 1.54) is 16.8 Å². The van der Waals surface area contributed by atoms with E-state index in [-0.39, 0.29) is 0 Å². The van der Waals surface area contributed by atoms with E-state index in [1.807, 2.05) is 12.1 Å². The number of methoxy groups -OCH3 is 1. The predicted octanol–water partition coefficient (Wildman–Crippen LogP) is 3.21. The molecule has 20 heavy (non-hydrogen) atoms. The van der Waals surface area contributed by atoms with E-state index in [9.17, 15) is 0 Å². The molecule has 0 spiro atoms. The summed E-state index contributed by atoms with van der Waals surface area (Å²) in [6.07, 6.45) is 0. The molecule has 3 heteroatoms. The zero-order valence-corrected chi connectivity index (χ0v) is 12.1. The predicted molar refractivity (Wildman–Crippen MR) is 84.4 cm³/mol. The van der Waals surface area contributed by atoms with E-state index in [4.69, 9.17) is 4.74 Å². The van der Waals surface area contributed by atoms with E-state index in [1.54, 1.807) is 7.11 Å². The van der Waals surface area contributed by atoms with Crippen LogP contribution in [0.2, 0.25) is 0 Å². The van der Waals surface area contributed by atoms with Gasteiger partial charge in [0.1, 0.15) is 5.75 Å². The number of benzene rings is 2. The van der Waals surface area contributed by atoms with Crippen LogP contribution in [0.25, 0.3) is 0 Å². The Morgan fingerprint density at radius 3 is 2.50 bits per heavy atom. The second-order valence-corrected chi connectivity index (χ2v) is 4.82. The molecule has 0 fully saturated rings. The first-order valence-electron chi connectivity index (χ1n) is 6.92. The SMILES string of the molecule is COc1ccc(CNCCNc2cccc(C)c2)cc1. The van der Waals surface area contributed by atoms with Crippen LogP contribution in [0.3, 0.4) is 0 Å². The molecule has 2 aromatic rings. The lowest BCUT2D eigenvalue weighted by molar-refractivity contribution is 0.414. The Morgan fingerprint density at radius 2 is 1.80 bits per heavy atom. The first-order valence-corrected chi connectivity index (χ1v) is 6.92. The Morgan fingerprint density at radius 1 is 1.00 bits per heavy atom. The molecule has 106 valence electrons. The van der Waals surface area contributed by atoms with Crippen molar-refractivity contribution in [2.45, 2.75) is 13.5 Å². The zero-order valence-electron chi connectivity index (χ0n) is 12.1. The van der Waals surface area contributed by atoms with Crippen molar-refractivity contribution in [1.29, 1.82) is 0 Å². The van der Waals surface area contributed by atoms with Crippen molar-refractivity contribution in [3.8, 4) is 5.75 Å². The molecular weight excluding hydrogens is 248 g/mol. The van der Waals surface area contributed by atoms with Crippen LogP contribution in [0, 0.1) is 6.92 Å². The Balaban J connectivity index is 1.66. The maximum atomic E-state index is 5.14. The Hall–Kier alpha value is -2.00. The first-order chi connectivity index (χ1) is 9.78. The van der Waals surface area contributed by atoms with E-state index in [0.29, 0.717) is 0 Å². The van der Waals surface area contributed by atoms with Gasteiger partial charge in [-0.15, -0.1) is 0 Å². The molecule has 0 saturated carbocycles. The van der Waals surface area contributed by atoms with Crippen molar-refractivity contribution in [3.63, 3.8) is 0 Å². The van der Waals surface area contributed by atoms with Gasteiger partial charge >= 0.3 is 0 Å². The van der Waals surface area contributed by atoms with Gasteiger partial charge in [-0.2, -0.15) is 0 Å². The van der Waals surface area contributed by atoms with Gasteiger partial charge in [0.15, 0.2) is 0 Å². The monoisotopic (exact) mass is 270 g/mol. The van der Waals surface area contributed by atoms with E-state index in [2.05, 4.69) is 54.0 Å². The fourth-order valence-corrected chi connectivity index (χ4v) is 2.03. The van der Waals surface area contributed by atoms with Gasteiger partial charge in [-0.3, -0.25) is 0 Å². The highest BCUT2D eigenvalue weighted by Crippen LogP contribution is 2.11. The zero-order chi connectivity index (χ0) is 14.2. The van der Waals surface area contributed by atoms with Crippen molar-refractivity contribution in [2.24, 2.45) is 0 Å². The summed E-state index contributed by atoms with van der Waals surface area (Å²) in [5, 5.41) is 6.83. The Bertz CT molecular complexity index is 523. The fourth-order valence-electron chi connectivity index (χ4n) is 2.03. The molecule has 0 bridgehead atoms. The molecule has 0 aliphatic rings.